The van der Waals surface area contributed by atoms with Crippen LogP contribution in [0.4, 0.5) is 17.6 Å². The Morgan fingerprint density at radius 1 is 1.04 bits per heavy atom. The largest absolute Gasteiger partial charge is 0.486 e. The van der Waals surface area contributed by atoms with Gasteiger partial charge >= 0.3 is 0 Å². The number of aryl methyl sites for hydroxylation is 1. The van der Waals surface area contributed by atoms with Gasteiger partial charge in [0.2, 0.25) is 5.95 Å². The lowest BCUT2D eigenvalue weighted by molar-refractivity contribution is 0.165. The van der Waals surface area contributed by atoms with Crippen LogP contribution in [0.2, 0.25) is 0 Å². The van der Waals surface area contributed by atoms with Crippen molar-refractivity contribution in [2.75, 3.05) is 61.8 Å². The van der Waals surface area contributed by atoms with Crippen LogP contribution in [0.1, 0.15) is 12.5 Å². The first-order valence-corrected chi connectivity index (χ1v) is 9.70. The van der Waals surface area contributed by atoms with Gasteiger partial charge in [-0.25, -0.2) is 0 Å². The molecule has 0 saturated carbocycles. The first-order chi connectivity index (χ1) is 13.1. The van der Waals surface area contributed by atoms with Crippen molar-refractivity contribution in [3.63, 3.8) is 0 Å². The van der Waals surface area contributed by atoms with Gasteiger partial charge in [-0.2, -0.15) is 9.97 Å². The van der Waals surface area contributed by atoms with Crippen molar-refractivity contribution in [2.45, 2.75) is 19.4 Å². The molecule has 2 aromatic rings. The molecule has 1 aromatic heterocycles. The third-order valence-electron chi connectivity index (χ3n) is 5.36. The number of nitrogen functional groups attached to an aromatic ring is 1. The van der Waals surface area contributed by atoms with Crippen molar-refractivity contribution < 1.29 is 4.74 Å². The summed E-state index contributed by atoms with van der Waals surface area (Å²) in [5.74, 6) is 3.14. The van der Waals surface area contributed by atoms with Crippen LogP contribution in [0.5, 0.6) is 5.75 Å². The minimum absolute atomic E-state index is 0.181. The highest BCUT2D eigenvalue weighted by Gasteiger charge is 2.31. The molecule has 2 N–H and O–H groups in total. The van der Waals surface area contributed by atoms with Crippen LogP contribution in [0.15, 0.2) is 30.3 Å². The minimum atomic E-state index is 0.181. The van der Waals surface area contributed by atoms with Crippen LogP contribution in [-0.4, -0.2) is 67.3 Å². The first kappa shape index (κ1) is 17.9. The van der Waals surface area contributed by atoms with Crippen molar-refractivity contribution in [2.24, 2.45) is 0 Å². The van der Waals surface area contributed by atoms with Crippen LogP contribution in [0, 0.1) is 0 Å². The molecule has 27 heavy (non-hydrogen) atoms. The molecule has 0 spiro atoms. The molecule has 1 aromatic carbocycles. The highest BCUT2D eigenvalue weighted by molar-refractivity contribution is 5.55. The molecule has 3 heterocycles. The summed E-state index contributed by atoms with van der Waals surface area (Å²) in [6.45, 7) is 7.79. The second-order valence-corrected chi connectivity index (χ2v) is 7.34. The van der Waals surface area contributed by atoms with Crippen LogP contribution in [0.3, 0.4) is 0 Å². The maximum atomic E-state index is 6.18. The number of hydrogen-bond donors (Lipinski definition) is 1. The first-order valence-electron chi connectivity index (χ1n) is 9.70. The van der Waals surface area contributed by atoms with Gasteiger partial charge in [-0.15, -0.1) is 0 Å². The number of rotatable bonds is 5. The number of nitrogens with zero attached hydrogens (tertiary/aromatic N) is 5. The number of benzene rings is 1. The van der Waals surface area contributed by atoms with Gasteiger partial charge in [-0.05, 0) is 25.1 Å². The fourth-order valence-electron chi connectivity index (χ4n) is 3.59. The number of anilines is 3. The summed E-state index contributed by atoms with van der Waals surface area (Å²) in [5, 5.41) is 0. The SMILES string of the molecule is CCc1ccccc1OC1CN(c2cc(N3CCN(C)CC3)nc(N)n2)C1. The van der Waals surface area contributed by atoms with E-state index in [9.17, 15) is 0 Å². The lowest BCUT2D eigenvalue weighted by Crippen LogP contribution is -2.54. The summed E-state index contributed by atoms with van der Waals surface area (Å²) in [7, 11) is 2.15. The van der Waals surface area contributed by atoms with Crippen molar-refractivity contribution in [3.05, 3.63) is 35.9 Å². The van der Waals surface area contributed by atoms with Gasteiger partial charge in [0, 0.05) is 32.2 Å². The monoisotopic (exact) mass is 368 g/mol. The molecule has 0 unspecified atom stereocenters. The van der Waals surface area contributed by atoms with Gasteiger partial charge < -0.3 is 25.2 Å². The molecule has 2 aliphatic heterocycles. The molecule has 7 heteroatoms. The number of piperazine rings is 1. The summed E-state index contributed by atoms with van der Waals surface area (Å²) in [4.78, 5) is 15.7. The Bertz CT molecular complexity index is 784. The quantitative estimate of drug-likeness (QED) is 0.860. The van der Waals surface area contributed by atoms with Crippen LogP contribution in [0.25, 0.3) is 0 Å². The predicted molar refractivity (Wildman–Crippen MR) is 109 cm³/mol. The summed E-state index contributed by atoms with van der Waals surface area (Å²) in [6, 6.07) is 10.3. The normalized spacial score (nSPS) is 18.4. The van der Waals surface area contributed by atoms with Gasteiger partial charge in [0.25, 0.3) is 0 Å². The molecular formula is C20H28N6O. The van der Waals surface area contributed by atoms with Crippen LogP contribution >= 0.6 is 0 Å². The van der Waals surface area contributed by atoms with Crippen LogP contribution in [-0.2, 0) is 6.42 Å². The summed E-state index contributed by atoms with van der Waals surface area (Å²) < 4.78 is 6.18. The second-order valence-electron chi connectivity index (χ2n) is 7.34. The molecule has 2 aliphatic rings. The fraction of sp³-hybridized carbons (Fsp3) is 0.500. The number of likely N-dealkylation sites (N-methyl/N-ethyl adjacent to an activating group) is 1. The number of hydrogen-bond acceptors (Lipinski definition) is 7. The minimum Gasteiger partial charge on any atom is -0.486 e. The summed E-state index contributed by atoms with van der Waals surface area (Å²) in [5.41, 5.74) is 7.24. The van der Waals surface area contributed by atoms with E-state index in [0.29, 0.717) is 5.95 Å². The Hall–Kier alpha value is -2.54. The number of aromatic nitrogens is 2. The molecule has 2 fully saturated rings. The molecule has 0 amide bonds. The van der Waals surface area contributed by atoms with Gasteiger partial charge in [0.05, 0.1) is 13.1 Å². The highest BCUT2D eigenvalue weighted by Crippen LogP contribution is 2.28. The zero-order chi connectivity index (χ0) is 18.8. The smallest absolute Gasteiger partial charge is 0.223 e. The lowest BCUT2D eigenvalue weighted by Gasteiger charge is -2.40. The van der Waals surface area contributed by atoms with E-state index in [4.69, 9.17) is 10.5 Å². The Kier molecular flexibility index (Phi) is 5.03. The molecule has 0 radical (unpaired) electrons. The molecule has 0 bridgehead atoms. The molecule has 4 rings (SSSR count). The third-order valence-corrected chi connectivity index (χ3v) is 5.36. The Morgan fingerprint density at radius 2 is 1.70 bits per heavy atom. The Labute approximate surface area is 160 Å². The van der Waals surface area contributed by atoms with Crippen LogP contribution < -0.4 is 20.3 Å². The zero-order valence-corrected chi connectivity index (χ0v) is 16.1. The van der Waals surface area contributed by atoms with Crippen molar-refractivity contribution >= 4 is 17.6 Å². The van der Waals surface area contributed by atoms with E-state index in [0.717, 1.165) is 63.1 Å². The van der Waals surface area contributed by atoms with Gasteiger partial charge in [-0.1, -0.05) is 25.1 Å². The van der Waals surface area contributed by atoms with E-state index in [1.54, 1.807) is 0 Å². The maximum absolute atomic E-state index is 6.18. The van der Waals surface area contributed by atoms with Gasteiger partial charge in [-0.3, -0.25) is 0 Å². The highest BCUT2D eigenvalue weighted by atomic mass is 16.5. The Morgan fingerprint density at radius 3 is 2.41 bits per heavy atom. The van der Waals surface area contributed by atoms with E-state index in [-0.39, 0.29) is 6.10 Å². The number of para-hydroxylation sites is 1. The maximum Gasteiger partial charge on any atom is 0.223 e. The standard InChI is InChI=1S/C20H28N6O/c1-3-15-6-4-5-7-17(15)27-16-13-26(14-16)19-12-18(22-20(21)23-19)25-10-8-24(2)9-11-25/h4-7,12,16H,3,8-11,13-14H2,1-2H3,(H2,21,22,23). The third kappa shape index (κ3) is 3.93. The average Bonchev–Trinajstić information content (AvgIpc) is 2.64. The van der Waals surface area contributed by atoms with E-state index in [1.807, 2.05) is 6.07 Å². The molecule has 144 valence electrons. The molecular weight excluding hydrogens is 340 g/mol. The lowest BCUT2D eigenvalue weighted by atomic mass is 10.1. The van der Waals surface area contributed by atoms with E-state index in [1.165, 1.54) is 5.56 Å². The fourth-order valence-corrected chi connectivity index (χ4v) is 3.59. The van der Waals surface area contributed by atoms with E-state index < -0.39 is 0 Å². The molecule has 7 nitrogen and oxygen atoms in total. The summed E-state index contributed by atoms with van der Waals surface area (Å²) in [6.07, 6.45) is 1.16. The van der Waals surface area contributed by atoms with Crippen molar-refractivity contribution in [1.29, 1.82) is 0 Å². The molecule has 2 saturated heterocycles. The van der Waals surface area contributed by atoms with Crippen molar-refractivity contribution in [3.8, 4) is 5.75 Å². The molecule has 0 atom stereocenters. The number of ether oxygens (including phenoxy) is 1. The average molecular weight is 368 g/mol. The number of nitrogens with two attached hydrogens (primary N) is 1. The zero-order valence-electron chi connectivity index (χ0n) is 16.1. The summed E-state index contributed by atoms with van der Waals surface area (Å²) >= 11 is 0. The topological polar surface area (TPSA) is 70.8 Å². The predicted octanol–water partition coefficient (Wildman–Crippen LogP) is 1.64. The van der Waals surface area contributed by atoms with E-state index in [2.05, 4.69) is 62.9 Å². The van der Waals surface area contributed by atoms with Crippen molar-refractivity contribution in [1.82, 2.24) is 14.9 Å². The molecule has 0 aliphatic carbocycles. The van der Waals surface area contributed by atoms with E-state index >= 15 is 0 Å². The second kappa shape index (κ2) is 7.60. The van der Waals surface area contributed by atoms with Gasteiger partial charge in [0.1, 0.15) is 23.5 Å². The Balaban J connectivity index is 1.40. The van der Waals surface area contributed by atoms with Gasteiger partial charge in [0.15, 0.2) is 0 Å².